The topological polar surface area (TPSA) is 52.7 Å². The first-order valence-electron chi connectivity index (χ1n) is 8.29. The molecule has 0 aliphatic carbocycles. The van der Waals surface area contributed by atoms with Gasteiger partial charge in [0.25, 0.3) is 0 Å². The molecule has 0 bridgehead atoms. The van der Waals surface area contributed by atoms with Crippen LogP contribution in [0.25, 0.3) is 0 Å². The number of nitrogens with zero attached hydrogens (tertiary/aromatic N) is 2. The van der Waals surface area contributed by atoms with Crippen molar-refractivity contribution >= 4 is 39.0 Å². The second-order valence-corrected chi connectivity index (χ2v) is 8.75. The van der Waals surface area contributed by atoms with Gasteiger partial charge in [0, 0.05) is 37.7 Å². The Bertz CT molecular complexity index is 850. The zero-order valence-corrected chi connectivity index (χ0v) is 16.5. The van der Waals surface area contributed by atoms with Crippen molar-refractivity contribution in [1.29, 1.82) is 0 Å². The highest BCUT2D eigenvalue weighted by Gasteiger charge is 2.28. The number of sulfonamides is 1. The molecule has 3 rings (SSSR count). The molecule has 5 nitrogen and oxygen atoms in total. The normalized spacial score (nSPS) is 15.7. The van der Waals surface area contributed by atoms with E-state index in [9.17, 15) is 8.42 Å². The Morgan fingerprint density at radius 1 is 1.00 bits per heavy atom. The molecule has 1 aliphatic heterocycles. The fourth-order valence-electron chi connectivity index (χ4n) is 2.76. The Balaban J connectivity index is 1.53. The molecule has 0 spiro atoms. The van der Waals surface area contributed by atoms with Gasteiger partial charge < -0.3 is 10.2 Å². The summed E-state index contributed by atoms with van der Waals surface area (Å²) < 4.78 is 26.8. The van der Waals surface area contributed by atoms with Gasteiger partial charge in [-0.1, -0.05) is 41.9 Å². The number of piperazine rings is 1. The van der Waals surface area contributed by atoms with E-state index < -0.39 is 10.0 Å². The van der Waals surface area contributed by atoms with Crippen LogP contribution in [0, 0.1) is 0 Å². The van der Waals surface area contributed by atoms with Gasteiger partial charge >= 0.3 is 0 Å². The maximum atomic E-state index is 12.7. The Hall–Kier alpha value is -1.67. The van der Waals surface area contributed by atoms with Crippen molar-refractivity contribution in [3.05, 3.63) is 65.2 Å². The summed E-state index contributed by atoms with van der Waals surface area (Å²) in [5, 5.41) is 4.56. The number of hydrogen-bond donors (Lipinski definition) is 1. The number of halogens is 1. The lowest BCUT2D eigenvalue weighted by Gasteiger charge is -2.35. The molecule has 26 heavy (non-hydrogen) atoms. The summed E-state index contributed by atoms with van der Waals surface area (Å²) in [7, 11) is -3.44. The number of benzene rings is 2. The largest absolute Gasteiger partial charge is 0.358 e. The molecule has 0 amide bonds. The fraction of sp³-hybridized carbons (Fsp3) is 0.278. The molecule has 8 heteroatoms. The standard InChI is InChI=1S/C18H20ClN3O2S2/c19-16-8-6-15(7-9-16)14-20-18(25)21-10-12-22(13-11-21)26(23,24)17-4-2-1-3-5-17/h1-9H,10-14H2,(H,20,25). The molecule has 1 heterocycles. The summed E-state index contributed by atoms with van der Waals surface area (Å²) in [5.74, 6) is 0. The lowest BCUT2D eigenvalue weighted by Crippen LogP contribution is -2.52. The zero-order valence-electron chi connectivity index (χ0n) is 14.1. The van der Waals surface area contributed by atoms with E-state index in [1.54, 1.807) is 24.3 Å². The van der Waals surface area contributed by atoms with Gasteiger partial charge in [-0.25, -0.2) is 8.42 Å². The van der Waals surface area contributed by atoms with Crippen molar-refractivity contribution < 1.29 is 8.42 Å². The molecular weight excluding hydrogens is 390 g/mol. The third-order valence-corrected chi connectivity index (χ3v) is 6.83. The number of thiocarbonyl (C=S) groups is 1. The van der Waals surface area contributed by atoms with Crippen LogP contribution in [0.5, 0.6) is 0 Å². The lowest BCUT2D eigenvalue weighted by molar-refractivity contribution is 0.264. The predicted molar refractivity (Wildman–Crippen MR) is 108 cm³/mol. The molecule has 0 radical (unpaired) electrons. The van der Waals surface area contributed by atoms with E-state index in [4.69, 9.17) is 23.8 Å². The Kier molecular flexibility index (Phi) is 6.13. The SMILES string of the molecule is O=S(=O)(c1ccccc1)N1CCN(C(=S)NCc2ccc(Cl)cc2)CC1. The molecule has 1 aliphatic rings. The molecule has 1 saturated heterocycles. The zero-order chi connectivity index (χ0) is 18.6. The number of rotatable bonds is 4. The van der Waals surface area contributed by atoms with Gasteiger partial charge in [-0.2, -0.15) is 4.31 Å². The van der Waals surface area contributed by atoms with Crippen molar-refractivity contribution in [1.82, 2.24) is 14.5 Å². The predicted octanol–water partition coefficient (Wildman–Crippen LogP) is 2.72. The monoisotopic (exact) mass is 409 g/mol. The fourth-order valence-corrected chi connectivity index (χ4v) is 4.59. The van der Waals surface area contributed by atoms with Crippen molar-refractivity contribution in [3.63, 3.8) is 0 Å². The van der Waals surface area contributed by atoms with Crippen LogP contribution >= 0.6 is 23.8 Å². The first-order chi connectivity index (χ1) is 12.5. The van der Waals surface area contributed by atoms with Crippen LogP contribution in [0.1, 0.15) is 5.56 Å². The minimum absolute atomic E-state index is 0.330. The molecular formula is C18H20ClN3O2S2. The first-order valence-corrected chi connectivity index (χ1v) is 10.5. The van der Waals surface area contributed by atoms with E-state index in [1.807, 2.05) is 35.2 Å². The third kappa shape index (κ3) is 4.54. The summed E-state index contributed by atoms with van der Waals surface area (Å²) in [6.07, 6.45) is 0. The van der Waals surface area contributed by atoms with Gasteiger partial charge in [-0.3, -0.25) is 0 Å². The van der Waals surface area contributed by atoms with E-state index in [0.29, 0.717) is 47.8 Å². The first kappa shape index (κ1) is 19.1. The van der Waals surface area contributed by atoms with E-state index in [1.165, 1.54) is 4.31 Å². The smallest absolute Gasteiger partial charge is 0.243 e. The highest BCUT2D eigenvalue weighted by molar-refractivity contribution is 7.89. The summed E-state index contributed by atoms with van der Waals surface area (Å²) in [4.78, 5) is 2.33. The Morgan fingerprint density at radius 2 is 1.62 bits per heavy atom. The minimum Gasteiger partial charge on any atom is -0.358 e. The van der Waals surface area contributed by atoms with E-state index in [-0.39, 0.29) is 0 Å². The highest BCUT2D eigenvalue weighted by atomic mass is 35.5. The molecule has 0 aromatic heterocycles. The van der Waals surface area contributed by atoms with Crippen LogP contribution in [0.15, 0.2) is 59.5 Å². The highest BCUT2D eigenvalue weighted by Crippen LogP contribution is 2.17. The Morgan fingerprint density at radius 3 is 2.23 bits per heavy atom. The lowest BCUT2D eigenvalue weighted by atomic mass is 10.2. The average Bonchev–Trinajstić information content (AvgIpc) is 2.68. The summed E-state index contributed by atoms with van der Waals surface area (Å²) in [5.41, 5.74) is 1.09. The number of nitrogens with one attached hydrogen (secondary N) is 1. The van der Waals surface area contributed by atoms with Crippen LogP contribution in [0.2, 0.25) is 5.02 Å². The molecule has 2 aromatic carbocycles. The van der Waals surface area contributed by atoms with Crippen LogP contribution < -0.4 is 5.32 Å². The molecule has 138 valence electrons. The van der Waals surface area contributed by atoms with Crippen molar-refractivity contribution in [2.75, 3.05) is 26.2 Å². The minimum atomic E-state index is -3.44. The average molecular weight is 410 g/mol. The maximum absolute atomic E-state index is 12.7. The summed E-state index contributed by atoms with van der Waals surface area (Å²) >= 11 is 11.3. The number of hydrogen-bond acceptors (Lipinski definition) is 3. The van der Waals surface area contributed by atoms with Crippen molar-refractivity contribution in [2.24, 2.45) is 0 Å². The van der Waals surface area contributed by atoms with E-state index in [2.05, 4.69) is 5.32 Å². The molecule has 1 N–H and O–H groups in total. The second kappa shape index (κ2) is 8.35. The van der Waals surface area contributed by atoms with Crippen LogP contribution in [0.4, 0.5) is 0 Å². The van der Waals surface area contributed by atoms with Crippen LogP contribution in [-0.2, 0) is 16.6 Å². The van der Waals surface area contributed by atoms with Gasteiger partial charge in [0.05, 0.1) is 4.90 Å². The van der Waals surface area contributed by atoms with E-state index >= 15 is 0 Å². The van der Waals surface area contributed by atoms with Gasteiger partial charge in [0.15, 0.2) is 5.11 Å². The van der Waals surface area contributed by atoms with E-state index in [0.717, 1.165) is 5.56 Å². The second-order valence-electron chi connectivity index (χ2n) is 5.99. The van der Waals surface area contributed by atoms with Gasteiger partial charge in [-0.15, -0.1) is 0 Å². The van der Waals surface area contributed by atoms with Crippen molar-refractivity contribution in [3.8, 4) is 0 Å². The molecule has 0 unspecified atom stereocenters. The molecule has 1 fully saturated rings. The van der Waals surface area contributed by atoms with Crippen LogP contribution in [-0.4, -0.2) is 48.9 Å². The van der Waals surface area contributed by atoms with Crippen molar-refractivity contribution in [2.45, 2.75) is 11.4 Å². The van der Waals surface area contributed by atoms with Gasteiger partial charge in [-0.05, 0) is 42.0 Å². The van der Waals surface area contributed by atoms with Crippen LogP contribution in [0.3, 0.4) is 0 Å². The van der Waals surface area contributed by atoms with Gasteiger partial charge in [0.2, 0.25) is 10.0 Å². The van der Waals surface area contributed by atoms with Gasteiger partial charge in [0.1, 0.15) is 0 Å². The summed E-state index contributed by atoms with van der Waals surface area (Å²) in [6.45, 7) is 2.58. The molecule has 0 saturated carbocycles. The Labute approximate surface area is 164 Å². The molecule has 0 atom stereocenters. The maximum Gasteiger partial charge on any atom is 0.243 e. The third-order valence-electron chi connectivity index (χ3n) is 4.26. The molecule has 2 aromatic rings. The summed E-state index contributed by atoms with van der Waals surface area (Å²) in [6, 6.07) is 16.1. The quantitative estimate of drug-likeness (QED) is 0.787.